The van der Waals surface area contributed by atoms with Gasteiger partial charge in [-0.15, -0.1) is 0 Å². The molecule has 642 valence electrons. The summed E-state index contributed by atoms with van der Waals surface area (Å²) in [6.07, 6.45) is 70.8. The molecule has 108 heavy (non-hydrogen) atoms. The summed E-state index contributed by atoms with van der Waals surface area (Å²) in [6, 6.07) is 0. The van der Waals surface area contributed by atoms with Crippen molar-refractivity contribution in [1.82, 2.24) is 0 Å². The van der Waals surface area contributed by atoms with Crippen molar-refractivity contribution in [2.24, 2.45) is 17.8 Å². The molecule has 0 aromatic carbocycles. The number of rotatable bonds is 87. The highest BCUT2D eigenvalue weighted by Crippen LogP contribution is 2.45. The second kappa shape index (κ2) is 78.9. The zero-order valence-electron chi connectivity index (χ0n) is 71.3. The van der Waals surface area contributed by atoms with Crippen molar-refractivity contribution in [3.8, 4) is 0 Å². The molecule has 0 aliphatic heterocycles. The van der Waals surface area contributed by atoms with E-state index in [9.17, 15) is 43.2 Å². The van der Waals surface area contributed by atoms with Gasteiger partial charge in [0.25, 0.3) is 0 Å². The van der Waals surface area contributed by atoms with Crippen LogP contribution in [0.1, 0.15) is 472 Å². The smallest absolute Gasteiger partial charge is 0.462 e. The summed E-state index contributed by atoms with van der Waals surface area (Å²) >= 11 is 0. The third kappa shape index (κ3) is 80.7. The molecule has 0 heterocycles. The Morgan fingerprint density at radius 2 is 0.472 bits per heavy atom. The molecule has 0 aliphatic carbocycles. The summed E-state index contributed by atoms with van der Waals surface area (Å²) in [5.41, 5.74) is 0. The maximum Gasteiger partial charge on any atom is 0.472 e. The van der Waals surface area contributed by atoms with Gasteiger partial charge in [0.15, 0.2) is 12.2 Å². The maximum atomic E-state index is 13.2. The SMILES string of the molecule is CCCCCCCCCCCCCCCCCCCCCCC(=O)O[C@H](COC(=O)CCCCCCCCCCCCCCCCCCC(C)C)COP(=O)(O)OC[C@@H](O)COP(=O)(O)OC[C@@H](COC(=O)CCCCCCCCCCC(C)C)OC(=O)CCCCCCCCCCCCCCCCC(C)CC. The van der Waals surface area contributed by atoms with Crippen LogP contribution in [0.5, 0.6) is 0 Å². The second-order valence-corrected chi connectivity index (χ2v) is 36.1. The second-order valence-electron chi connectivity index (χ2n) is 33.2. The molecule has 0 saturated heterocycles. The summed E-state index contributed by atoms with van der Waals surface area (Å²) in [7, 11) is -9.93. The topological polar surface area (TPSA) is 237 Å². The molecular weight excluding hydrogens is 1400 g/mol. The Morgan fingerprint density at radius 3 is 0.704 bits per heavy atom. The number of esters is 4. The normalized spacial score (nSPS) is 14.1. The van der Waals surface area contributed by atoms with E-state index in [-0.39, 0.29) is 25.7 Å². The number of aliphatic hydroxyl groups excluding tert-OH is 1. The van der Waals surface area contributed by atoms with Crippen molar-refractivity contribution < 1.29 is 80.2 Å². The van der Waals surface area contributed by atoms with E-state index in [4.69, 9.17) is 37.0 Å². The summed E-state index contributed by atoms with van der Waals surface area (Å²) in [5, 5.41) is 10.7. The molecule has 0 amide bonds. The third-order valence-corrected chi connectivity index (χ3v) is 23.1. The Hall–Kier alpha value is -1.94. The fraction of sp³-hybridized carbons (Fsp3) is 0.955. The van der Waals surface area contributed by atoms with Gasteiger partial charge in [-0.2, -0.15) is 0 Å². The van der Waals surface area contributed by atoms with E-state index in [2.05, 4.69) is 48.5 Å². The molecular formula is C89H174O17P2. The van der Waals surface area contributed by atoms with E-state index in [0.717, 1.165) is 108 Å². The Labute approximate surface area is 664 Å². The van der Waals surface area contributed by atoms with Gasteiger partial charge in [-0.3, -0.25) is 37.3 Å². The summed E-state index contributed by atoms with van der Waals surface area (Å²) in [4.78, 5) is 73.3. The Kier molecular flexibility index (Phi) is 77.5. The Balaban J connectivity index is 5.25. The van der Waals surface area contributed by atoms with Gasteiger partial charge in [0.1, 0.15) is 19.3 Å². The predicted molar refractivity (Wildman–Crippen MR) is 446 cm³/mol. The molecule has 0 saturated carbocycles. The monoisotopic (exact) mass is 1580 g/mol. The fourth-order valence-corrected chi connectivity index (χ4v) is 15.4. The van der Waals surface area contributed by atoms with Crippen LogP contribution < -0.4 is 0 Å². The van der Waals surface area contributed by atoms with Crippen LogP contribution >= 0.6 is 15.6 Å². The molecule has 19 heteroatoms. The van der Waals surface area contributed by atoms with Crippen LogP contribution in [0.3, 0.4) is 0 Å². The number of phosphoric acid groups is 2. The average Bonchev–Trinajstić information content (AvgIpc) is 0.894. The van der Waals surface area contributed by atoms with Gasteiger partial charge in [-0.1, -0.05) is 421 Å². The van der Waals surface area contributed by atoms with Crippen LogP contribution in [0.15, 0.2) is 0 Å². The van der Waals surface area contributed by atoms with Gasteiger partial charge >= 0.3 is 39.5 Å². The minimum atomic E-state index is -4.97. The van der Waals surface area contributed by atoms with E-state index >= 15 is 0 Å². The van der Waals surface area contributed by atoms with Gasteiger partial charge in [-0.05, 0) is 43.4 Å². The van der Waals surface area contributed by atoms with Crippen LogP contribution in [0, 0.1) is 17.8 Å². The Morgan fingerprint density at radius 1 is 0.269 bits per heavy atom. The van der Waals surface area contributed by atoms with Gasteiger partial charge in [-0.25, -0.2) is 9.13 Å². The van der Waals surface area contributed by atoms with E-state index in [1.807, 2.05) is 0 Å². The quantitative estimate of drug-likeness (QED) is 0.0222. The summed E-state index contributed by atoms with van der Waals surface area (Å²) in [5.74, 6) is 0.283. The van der Waals surface area contributed by atoms with Crippen LogP contribution in [0.4, 0.5) is 0 Å². The average molecular weight is 1580 g/mol. The van der Waals surface area contributed by atoms with E-state index in [0.29, 0.717) is 25.7 Å². The molecule has 0 aromatic rings. The highest BCUT2D eigenvalue weighted by molar-refractivity contribution is 7.47. The molecule has 0 fully saturated rings. The van der Waals surface area contributed by atoms with Gasteiger partial charge in [0.05, 0.1) is 26.4 Å². The van der Waals surface area contributed by atoms with Crippen molar-refractivity contribution >= 4 is 39.5 Å². The van der Waals surface area contributed by atoms with Crippen molar-refractivity contribution in [2.75, 3.05) is 39.6 Å². The predicted octanol–water partition coefficient (Wildman–Crippen LogP) is 27.3. The number of hydrogen-bond acceptors (Lipinski definition) is 15. The Bertz CT molecular complexity index is 2080. The zero-order valence-corrected chi connectivity index (χ0v) is 73.1. The number of ether oxygens (including phenoxy) is 4. The lowest BCUT2D eigenvalue weighted by Gasteiger charge is -2.21. The molecule has 3 unspecified atom stereocenters. The molecule has 0 rings (SSSR count). The van der Waals surface area contributed by atoms with Crippen LogP contribution in [0.25, 0.3) is 0 Å². The van der Waals surface area contributed by atoms with Crippen LogP contribution in [-0.2, 0) is 65.4 Å². The fourth-order valence-electron chi connectivity index (χ4n) is 13.9. The molecule has 6 atom stereocenters. The lowest BCUT2D eigenvalue weighted by atomic mass is 9.99. The molecule has 0 spiro atoms. The van der Waals surface area contributed by atoms with Crippen molar-refractivity contribution in [3.63, 3.8) is 0 Å². The maximum absolute atomic E-state index is 13.2. The first-order valence-electron chi connectivity index (χ1n) is 45.9. The summed E-state index contributed by atoms with van der Waals surface area (Å²) < 4.78 is 69.0. The van der Waals surface area contributed by atoms with Crippen LogP contribution in [0.2, 0.25) is 0 Å². The molecule has 0 radical (unpaired) electrons. The largest absolute Gasteiger partial charge is 0.472 e. The number of carbonyl (C=O) groups excluding carboxylic acids is 4. The van der Waals surface area contributed by atoms with Gasteiger partial charge in [0, 0.05) is 25.7 Å². The molecule has 3 N–H and O–H groups in total. The lowest BCUT2D eigenvalue weighted by Crippen LogP contribution is -2.30. The highest BCUT2D eigenvalue weighted by Gasteiger charge is 2.31. The first kappa shape index (κ1) is 106. The minimum absolute atomic E-state index is 0.107. The zero-order chi connectivity index (χ0) is 79.3. The van der Waals surface area contributed by atoms with Gasteiger partial charge in [0.2, 0.25) is 0 Å². The van der Waals surface area contributed by atoms with Crippen molar-refractivity contribution in [3.05, 3.63) is 0 Å². The lowest BCUT2D eigenvalue weighted by molar-refractivity contribution is -0.161. The standard InChI is InChI=1S/C89H174O17P2/c1-8-10-11-12-13-14-15-16-17-18-19-20-21-26-32-37-42-51-58-65-72-88(93)105-84(76-99-86(91)70-63-56-49-41-36-31-25-23-22-24-29-34-39-46-53-60-67-80(3)4)78-103-107(95,96)101-74-83(90)75-102-108(97,98)104-79-85(77-100-87(92)71-64-57-50-45-44-47-54-61-68-81(5)6)106-89(94)73-66-59-52-43-38-33-28-27-30-35-40-48-55-62-69-82(7)9-2/h80-85,90H,8-79H2,1-7H3,(H,95,96)(H,97,98)/t82?,83-,84-,85-/m1/s1. The summed E-state index contributed by atoms with van der Waals surface area (Å²) in [6.45, 7) is 12.0. The number of hydrogen-bond donors (Lipinski definition) is 3. The molecule has 0 aromatic heterocycles. The van der Waals surface area contributed by atoms with Gasteiger partial charge < -0.3 is 33.8 Å². The third-order valence-electron chi connectivity index (χ3n) is 21.2. The number of carbonyl (C=O) groups is 4. The van der Waals surface area contributed by atoms with Crippen molar-refractivity contribution in [2.45, 2.75) is 491 Å². The van der Waals surface area contributed by atoms with Crippen molar-refractivity contribution in [1.29, 1.82) is 0 Å². The first-order valence-corrected chi connectivity index (χ1v) is 48.9. The number of phosphoric ester groups is 2. The first-order chi connectivity index (χ1) is 52.3. The molecule has 0 bridgehead atoms. The highest BCUT2D eigenvalue weighted by atomic mass is 31.2. The minimum Gasteiger partial charge on any atom is -0.462 e. The van der Waals surface area contributed by atoms with E-state index < -0.39 is 97.5 Å². The molecule has 17 nitrogen and oxygen atoms in total. The molecule has 0 aliphatic rings. The number of aliphatic hydroxyl groups is 1. The number of unbranched alkanes of at least 4 members (excludes halogenated alkanes) is 54. The van der Waals surface area contributed by atoms with Crippen LogP contribution in [-0.4, -0.2) is 96.7 Å². The van der Waals surface area contributed by atoms with E-state index in [1.165, 1.54) is 283 Å². The van der Waals surface area contributed by atoms with E-state index in [1.54, 1.807) is 0 Å².